The van der Waals surface area contributed by atoms with Gasteiger partial charge in [-0.25, -0.2) is 9.18 Å². The normalized spacial score (nSPS) is 9.50. The van der Waals surface area contributed by atoms with E-state index in [1.54, 1.807) is 0 Å². The van der Waals surface area contributed by atoms with E-state index in [-0.39, 0.29) is 5.69 Å². The molecule has 5 heteroatoms. The zero-order valence-electron chi connectivity index (χ0n) is 5.97. The Labute approximate surface area is 76.9 Å². The number of rotatable bonds is 1. The maximum Gasteiger partial charge on any atom is 0.316 e. The second kappa shape index (κ2) is 3.53. The summed E-state index contributed by atoms with van der Waals surface area (Å²) in [6.45, 7) is 0. The van der Waals surface area contributed by atoms with Gasteiger partial charge in [0.25, 0.3) is 0 Å². The third kappa shape index (κ3) is 2.20. The molecule has 0 atom stereocenters. The summed E-state index contributed by atoms with van der Waals surface area (Å²) in [5.41, 5.74) is 4.88. The van der Waals surface area contributed by atoms with Gasteiger partial charge in [-0.05, 0) is 18.2 Å². The van der Waals surface area contributed by atoms with Gasteiger partial charge in [0, 0.05) is 4.47 Å². The van der Waals surface area contributed by atoms with Crippen molar-refractivity contribution in [2.75, 3.05) is 5.32 Å². The van der Waals surface area contributed by atoms with Gasteiger partial charge < -0.3 is 11.1 Å². The van der Waals surface area contributed by atoms with E-state index in [0.29, 0.717) is 4.47 Å². The molecule has 64 valence electrons. The van der Waals surface area contributed by atoms with Crippen LogP contribution in [0.2, 0.25) is 0 Å². The molecule has 1 aromatic carbocycles. The van der Waals surface area contributed by atoms with Crippen molar-refractivity contribution in [3.05, 3.63) is 28.5 Å². The van der Waals surface area contributed by atoms with Gasteiger partial charge in [0.1, 0.15) is 5.82 Å². The molecule has 1 rings (SSSR count). The topological polar surface area (TPSA) is 55.1 Å². The van der Waals surface area contributed by atoms with E-state index in [1.165, 1.54) is 18.2 Å². The van der Waals surface area contributed by atoms with Crippen LogP contribution in [0.4, 0.5) is 14.9 Å². The van der Waals surface area contributed by atoms with Gasteiger partial charge in [-0.2, -0.15) is 0 Å². The first kappa shape index (κ1) is 8.99. The van der Waals surface area contributed by atoms with Crippen LogP contribution in [0.1, 0.15) is 0 Å². The summed E-state index contributed by atoms with van der Waals surface area (Å²) in [5, 5.41) is 2.15. The fourth-order valence-corrected chi connectivity index (χ4v) is 1.09. The van der Waals surface area contributed by atoms with Crippen molar-refractivity contribution in [2.24, 2.45) is 5.73 Å². The molecule has 3 nitrogen and oxygen atoms in total. The number of anilines is 1. The summed E-state index contributed by atoms with van der Waals surface area (Å²) in [5.74, 6) is -0.517. The predicted octanol–water partition coefficient (Wildman–Crippen LogP) is 2.08. The first-order chi connectivity index (χ1) is 5.59. The van der Waals surface area contributed by atoms with Crippen LogP contribution in [0.5, 0.6) is 0 Å². The number of carbonyl (C=O) groups excluding carboxylic acids is 1. The lowest BCUT2D eigenvalue weighted by molar-refractivity contribution is 0.259. The summed E-state index contributed by atoms with van der Waals surface area (Å²) in [7, 11) is 0. The van der Waals surface area contributed by atoms with E-state index in [9.17, 15) is 9.18 Å². The molecule has 12 heavy (non-hydrogen) atoms. The van der Waals surface area contributed by atoms with Crippen LogP contribution in [0.3, 0.4) is 0 Å². The van der Waals surface area contributed by atoms with Crippen molar-refractivity contribution >= 4 is 27.6 Å². The number of nitrogens with two attached hydrogens (primary N) is 1. The smallest absolute Gasteiger partial charge is 0.316 e. The molecule has 2 amide bonds. The molecular formula is C7H6BrFN2O. The Morgan fingerprint density at radius 3 is 2.83 bits per heavy atom. The van der Waals surface area contributed by atoms with Crippen LogP contribution in [0.25, 0.3) is 0 Å². The summed E-state index contributed by atoms with van der Waals surface area (Å²) in [6, 6.07) is 3.41. The molecule has 0 aliphatic heterocycles. The Morgan fingerprint density at radius 2 is 2.25 bits per heavy atom. The fourth-order valence-electron chi connectivity index (χ4n) is 0.726. The summed E-state index contributed by atoms with van der Waals surface area (Å²) in [4.78, 5) is 10.4. The molecule has 0 unspecified atom stereocenters. The third-order valence-electron chi connectivity index (χ3n) is 1.19. The molecule has 1 aromatic rings. The fraction of sp³-hybridized carbons (Fsp3) is 0. The standard InChI is InChI=1S/C7H6BrFN2O/c8-4-1-2-5(9)6(3-4)11-7(10)12/h1-3H,(H3,10,11,12). The number of urea groups is 1. The third-order valence-corrected chi connectivity index (χ3v) is 1.68. The summed E-state index contributed by atoms with van der Waals surface area (Å²) < 4.78 is 13.5. The second-order valence-corrected chi connectivity index (χ2v) is 3.03. The Morgan fingerprint density at radius 1 is 1.58 bits per heavy atom. The number of benzene rings is 1. The zero-order chi connectivity index (χ0) is 9.14. The first-order valence-electron chi connectivity index (χ1n) is 3.11. The average Bonchev–Trinajstić information content (AvgIpc) is 1.96. The number of hydrogen-bond donors (Lipinski definition) is 2. The van der Waals surface area contributed by atoms with Crippen LogP contribution in [0, 0.1) is 5.82 Å². The van der Waals surface area contributed by atoms with Crippen LogP contribution < -0.4 is 11.1 Å². The molecular weight excluding hydrogens is 227 g/mol. The lowest BCUT2D eigenvalue weighted by Crippen LogP contribution is -2.19. The van der Waals surface area contributed by atoms with Crippen molar-refractivity contribution in [1.29, 1.82) is 0 Å². The highest BCUT2D eigenvalue weighted by atomic mass is 79.9. The van der Waals surface area contributed by atoms with Crippen molar-refractivity contribution in [3.63, 3.8) is 0 Å². The largest absolute Gasteiger partial charge is 0.351 e. The van der Waals surface area contributed by atoms with Crippen LogP contribution in [0.15, 0.2) is 22.7 Å². The van der Waals surface area contributed by atoms with Crippen molar-refractivity contribution < 1.29 is 9.18 Å². The zero-order valence-corrected chi connectivity index (χ0v) is 7.56. The summed E-state index contributed by atoms with van der Waals surface area (Å²) in [6.07, 6.45) is 0. The van der Waals surface area contributed by atoms with Gasteiger partial charge in [-0.1, -0.05) is 15.9 Å². The van der Waals surface area contributed by atoms with Gasteiger partial charge in [0.05, 0.1) is 5.69 Å². The number of primary amides is 1. The lowest BCUT2D eigenvalue weighted by Gasteiger charge is -2.02. The molecule has 0 saturated carbocycles. The highest BCUT2D eigenvalue weighted by Gasteiger charge is 2.03. The van der Waals surface area contributed by atoms with Crippen LogP contribution in [-0.2, 0) is 0 Å². The van der Waals surface area contributed by atoms with Gasteiger partial charge >= 0.3 is 6.03 Å². The van der Waals surface area contributed by atoms with E-state index < -0.39 is 11.8 Å². The number of hydrogen-bond acceptors (Lipinski definition) is 1. The average molecular weight is 233 g/mol. The van der Waals surface area contributed by atoms with Crippen LogP contribution in [-0.4, -0.2) is 6.03 Å². The molecule has 0 bridgehead atoms. The SMILES string of the molecule is NC(=O)Nc1cc(Br)ccc1F. The molecule has 0 heterocycles. The lowest BCUT2D eigenvalue weighted by atomic mass is 10.3. The highest BCUT2D eigenvalue weighted by molar-refractivity contribution is 9.10. The minimum atomic E-state index is -0.785. The van der Waals surface area contributed by atoms with Gasteiger partial charge in [0.15, 0.2) is 0 Å². The van der Waals surface area contributed by atoms with Crippen LogP contribution >= 0.6 is 15.9 Å². The van der Waals surface area contributed by atoms with Crippen molar-refractivity contribution in [1.82, 2.24) is 0 Å². The monoisotopic (exact) mass is 232 g/mol. The van der Waals surface area contributed by atoms with E-state index in [1.807, 2.05) is 0 Å². The number of carbonyl (C=O) groups is 1. The quantitative estimate of drug-likeness (QED) is 0.766. The molecule has 0 aromatic heterocycles. The van der Waals surface area contributed by atoms with Gasteiger partial charge in [-0.3, -0.25) is 0 Å². The second-order valence-electron chi connectivity index (χ2n) is 2.11. The number of halogens is 2. The molecule has 0 saturated heterocycles. The van der Waals surface area contributed by atoms with Crippen molar-refractivity contribution in [3.8, 4) is 0 Å². The van der Waals surface area contributed by atoms with E-state index >= 15 is 0 Å². The number of amides is 2. The maximum absolute atomic E-state index is 12.8. The molecule has 0 fully saturated rings. The van der Waals surface area contributed by atoms with Gasteiger partial charge in [-0.15, -0.1) is 0 Å². The molecule has 0 radical (unpaired) electrons. The number of nitrogens with one attached hydrogen (secondary N) is 1. The van der Waals surface area contributed by atoms with E-state index in [2.05, 4.69) is 21.2 Å². The first-order valence-corrected chi connectivity index (χ1v) is 3.90. The van der Waals surface area contributed by atoms with E-state index in [0.717, 1.165) is 0 Å². The van der Waals surface area contributed by atoms with Gasteiger partial charge in [0.2, 0.25) is 0 Å². The molecule has 0 aliphatic rings. The predicted molar refractivity (Wildman–Crippen MR) is 47.3 cm³/mol. The Kier molecular flexibility index (Phi) is 2.65. The highest BCUT2D eigenvalue weighted by Crippen LogP contribution is 2.19. The Bertz CT molecular complexity index is 316. The molecule has 0 spiro atoms. The minimum Gasteiger partial charge on any atom is -0.351 e. The van der Waals surface area contributed by atoms with E-state index in [4.69, 9.17) is 5.73 Å². The summed E-state index contributed by atoms with van der Waals surface area (Å²) >= 11 is 3.13. The molecule has 0 aliphatic carbocycles. The minimum absolute atomic E-state index is 0.0666. The van der Waals surface area contributed by atoms with Crippen molar-refractivity contribution in [2.45, 2.75) is 0 Å². The molecule has 3 N–H and O–H groups in total. The maximum atomic E-state index is 12.8. The Hall–Kier alpha value is -1.10. The Balaban J connectivity index is 2.97.